The summed E-state index contributed by atoms with van der Waals surface area (Å²) in [6, 6.07) is 7.87. The summed E-state index contributed by atoms with van der Waals surface area (Å²) >= 11 is 0. The van der Waals surface area contributed by atoms with Crippen molar-refractivity contribution in [3.05, 3.63) is 36.0 Å². The van der Waals surface area contributed by atoms with Crippen molar-refractivity contribution in [1.82, 2.24) is 19.3 Å². The Balaban J connectivity index is 1.35. The quantitative estimate of drug-likeness (QED) is 0.658. The van der Waals surface area contributed by atoms with Gasteiger partial charge in [-0.15, -0.1) is 0 Å². The maximum absolute atomic E-state index is 13.6. The van der Waals surface area contributed by atoms with E-state index in [2.05, 4.69) is 4.90 Å². The number of alkyl halides is 3. The molecule has 35 heavy (non-hydrogen) atoms. The van der Waals surface area contributed by atoms with Gasteiger partial charge in [0.1, 0.15) is 18.3 Å². The fraction of sp³-hybridized carbons (Fsp3) is 0.600. The van der Waals surface area contributed by atoms with Gasteiger partial charge in [-0.05, 0) is 25.0 Å². The van der Waals surface area contributed by atoms with Gasteiger partial charge in [0.25, 0.3) is 5.91 Å². The maximum Gasteiger partial charge on any atom is 0.406 e. The lowest BCUT2D eigenvalue weighted by Gasteiger charge is -2.42. The Morgan fingerprint density at radius 3 is 2.43 bits per heavy atom. The lowest BCUT2D eigenvalue weighted by atomic mass is 10.1. The van der Waals surface area contributed by atoms with Crippen LogP contribution in [-0.4, -0.2) is 95.3 Å². The van der Waals surface area contributed by atoms with Gasteiger partial charge in [-0.3, -0.25) is 14.5 Å². The summed E-state index contributed by atoms with van der Waals surface area (Å²) in [4.78, 5) is 32.7. The van der Waals surface area contributed by atoms with Crippen LogP contribution in [0, 0.1) is 0 Å². The smallest absolute Gasteiger partial charge is 0.377 e. The Hall–Kier alpha value is -2.59. The highest BCUT2D eigenvalue weighted by Gasteiger charge is 2.39. The minimum Gasteiger partial charge on any atom is -0.377 e. The van der Waals surface area contributed by atoms with Crippen LogP contribution in [0.3, 0.4) is 0 Å². The molecule has 3 fully saturated rings. The lowest BCUT2D eigenvalue weighted by molar-refractivity contribution is -0.144. The molecule has 3 heterocycles. The zero-order valence-corrected chi connectivity index (χ0v) is 19.7. The second-order valence-electron chi connectivity index (χ2n) is 9.68. The number of fused-ring (bicyclic) bond motifs is 1. The summed E-state index contributed by atoms with van der Waals surface area (Å²) in [5, 5.41) is 0.555. The molecule has 0 spiro atoms. The highest BCUT2D eigenvalue weighted by atomic mass is 19.4. The van der Waals surface area contributed by atoms with E-state index in [0.29, 0.717) is 30.0 Å². The number of para-hydroxylation sites is 1. The monoisotopic (exact) mass is 492 g/mol. The number of halogens is 3. The van der Waals surface area contributed by atoms with Crippen LogP contribution < -0.4 is 0 Å². The number of hydrogen-bond donors (Lipinski definition) is 0. The molecule has 1 aliphatic carbocycles. The lowest BCUT2D eigenvalue weighted by Crippen LogP contribution is -2.60. The van der Waals surface area contributed by atoms with Gasteiger partial charge < -0.3 is 19.1 Å². The Morgan fingerprint density at radius 2 is 1.71 bits per heavy atom. The van der Waals surface area contributed by atoms with Crippen molar-refractivity contribution in [1.29, 1.82) is 0 Å². The molecular formula is C25H31F3N4O3. The highest BCUT2D eigenvalue weighted by Crippen LogP contribution is 2.28. The number of ether oxygens (including phenoxy) is 1. The Kier molecular flexibility index (Phi) is 6.76. The Labute approximate surface area is 202 Å². The molecule has 2 aliphatic heterocycles. The first kappa shape index (κ1) is 24.1. The van der Waals surface area contributed by atoms with Crippen LogP contribution in [0.5, 0.6) is 0 Å². The Bertz CT molecular complexity index is 1070. The predicted molar refractivity (Wildman–Crippen MR) is 124 cm³/mol. The topological polar surface area (TPSA) is 58.0 Å². The number of hydrogen-bond acceptors (Lipinski definition) is 4. The van der Waals surface area contributed by atoms with Crippen molar-refractivity contribution in [2.24, 2.45) is 0 Å². The van der Waals surface area contributed by atoms with E-state index < -0.39 is 24.7 Å². The van der Waals surface area contributed by atoms with Crippen LogP contribution in [0.2, 0.25) is 0 Å². The number of morpholine rings is 1. The third-order valence-electron chi connectivity index (χ3n) is 7.51. The van der Waals surface area contributed by atoms with Crippen LogP contribution in [0.25, 0.3) is 10.9 Å². The molecule has 2 aromatic rings. The SMILES string of the molecule is O=C(C1COCCN1C(=O)c1cc2ccccc2n1CC(F)(F)F)N1CCN(C2CCCC2)CC1. The zero-order valence-electron chi connectivity index (χ0n) is 19.7. The molecule has 1 saturated carbocycles. The van der Waals surface area contributed by atoms with Gasteiger partial charge in [-0.2, -0.15) is 13.2 Å². The molecule has 5 rings (SSSR count). The Morgan fingerprint density at radius 1 is 1.00 bits per heavy atom. The molecule has 0 bridgehead atoms. The van der Waals surface area contributed by atoms with E-state index in [9.17, 15) is 22.8 Å². The fourth-order valence-corrected chi connectivity index (χ4v) is 5.72. The number of aromatic nitrogens is 1. The number of carbonyl (C=O) groups excluding carboxylic acids is 2. The standard InChI is InChI=1S/C25H31F3N4O3/c26-25(27,28)17-32-20-8-4-1-5-18(20)15-21(32)24(34)31-13-14-35-16-22(31)23(33)30-11-9-29(10-12-30)19-6-2-3-7-19/h1,4-5,8,15,19,22H,2-3,6-7,9-14,16-17H2. The van der Waals surface area contributed by atoms with Gasteiger partial charge in [0.15, 0.2) is 0 Å². The van der Waals surface area contributed by atoms with Gasteiger partial charge in [-0.25, -0.2) is 0 Å². The van der Waals surface area contributed by atoms with Gasteiger partial charge in [-0.1, -0.05) is 31.0 Å². The number of rotatable bonds is 4. The molecule has 1 atom stereocenters. The minimum absolute atomic E-state index is 0.0485. The van der Waals surface area contributed by atoms with Crippen molar-refractivity contribution in [3.63, 3.8) is 0 Å². The molecule has 190 valence electrons. The second kappa shape index (κ2) is 9.81. The zero-order chi connectivity index (χ0) is 24.6. The van der Waals surface area contributed by atoms with Gasteiger partial charge in [0.05, 0.1) is 13.2 Å². The molecule has 0 radical (unpaired) electrons. The summed E-state index contributed by atoms with van der Waals surface area (Å²) in [7, 11) is 0. The van der Waals surface area contributed by atoms with E-state index in [4.69, 9.17) is 4.74 Å². The molecule has 7 nitrogen and oxygen atoms in total. The average molecular weight is 493 g/mol. The van der Waals surface area contributed by atoms with Gasteiger partial charge in [0, 0.05) is 49.7 Å². The van der Waals surface area contributed by atoms with E-state index in [1.165, 1.54) is 36.6 Å². The van der Waals surface area contributed by atoms with Crippen LogP contribution in [-0.2, 0) is 16.1 Å². The number of nitrogens with zero attached hydrogens (tertiary/aromatic N) is 4. The number of benzene rings is 1. The van der Waals surface area contributed by atoms with Gasteiger partial charge >= 0.3 is 6.18 Å². The first-order chi connectivity index (χ1) is 16.8. The summed E-state index contributed by atoms with van der Waals surface area (Å²) in [6.07, 6.45) is 0.435. The molecule has 2 amide bonds. The largest absolute Gasteiger partial charge is 0.406 e. The summed E-state index contributed by atoms with van der Waals surface area (Å²) in [5.74, 6) is -0.765. The molecule has 1 aromatic heterocycles. The summed E-state index contributed by atoms with van der Waals surface area (Å²) in [6.45, 7) is 1.95. The first-order valence-corrected chi connectivity index (χ1v) is 12.4. The second-order valence-corrected chi connectivity index (χ2v) is 9.68. The van der Waals surface area contributed by atoms with Crippen LogP contribution >= 0.6 is 0 Å². The van der Waals surface area contributed by atoms with Crippen molar-refractivity contribution in [2.45, 2.75) is 50.5 Å². The van der Waals surface area contributed by atoms with E-state index in [0.717, 1.165) is 17.7 Å². The van der Waals surface area contributed by atoms with E-state index in [1.54, 1.807) is 29.2 Å². The molecule has 0 N–H and O–H groups in total. The van der Waals surface area contributed by atoms with Crippen molar-refractivity contribution < 1.29 is 27.5 Å². The molecule has 10 heteroatoms. The number of piperazine rings is 1. The van der Waals surface area contributed by atoms with Crippen LogP contribution in [0.1, 0.15) is 36.2 Å². The number of carbonyl (C=O) groups is 2. The van der Waals surface area contributed by atoms with E-state index in [1.807, 2.05) is 0 Å². The van der Waals surface area contributed by atoms with Crippen molar-refractivity contribution in [2.75, 3.05) is 45.9 Å². The molecule has 3 aliphatic rings. The molecule has 2 saturated heterocycles. The predicted octanol–water partition coefficient (Wildman–Crippen LogP) is 3.13. The van der Waals surface area contributed by atoms with E-state index in [-0.39, 0.29) is 31.4 Å². The van der Waals surface area contributed by atoms with Crippen molar-refractivity contribution >= 4 is 22.7 Å². The highest BCUT2D eigenvalue weighted by molar-refractivity contribution is 6.01. The fourth-order valence-electron chi connectivity index (χ4n) is 5.72. The van der Waals surface area contributed by atoms with Crippen LogP contribution in [0.15, 0.2) is 30.3 Å². The minimum atomic E-state index is -4.49. The van der Waals surface area contributed by atoms with Gasteiger partial charge in [0.2, 0.25) is 5.91 Å². The summed E-state index contributed by atoms with van der Waals surface area (Å²) < 4.78 is 46.7. The van der Waals surface area contributed by atoms with E-state index >= 15 is 0 Å². The third-order valence-corrected chi connectivity index (χ3v) is 7.51. The average Bonchev–Trinajstić information content (AvgIpc) is 3.51. The third kappa shape index (κ3) is 5.04. The van der Waals surface area contributed by atoms with Crippen molar-refractivity contribution in [3.8, 4) is 0 Å². The molecular weight excluding hydrogens is 461 g/mol. The number of amides is 2. The normalized spacial score (nSPS) is 22.8. The summed E-state index contributed by atoms with van der Waals surface area (Å²) in [5.41, 5.74) is 0.279. The van der Waals surface area contributed by atoms with Crippen LogP contribution in [0.4, 0.5) is 13.2 Å². The maximum atomic E-state index is 13.6. The molecule has 1 aromatic carbocycles. The molecule has 1 unspecified atom stereocenters. The first-order valence-electron chi connectivity index (χ1n) is 12.4.